The smallest absolute Gasteiger partial charge is 0.0829 e. The normalized spacial score (nSPS) is 9.89. The lowest BCUT2D eigenvalue weighted by Crippen LogP contribution is -1.63. The molecule has 1 N–H and O–H groups in total. The molecule has 0 bridgehead atoms. The minimum atomic E-state index is 1.16. The molecule has 0 aliphatic heterocycles. The summed E-state index contributed by atoms with van der Waals surface area (Å²) in [6, 6.07) is 4.09. The first-order valence-corrected chi connectivity index (χ1v) is 5.18. The summed E-state index contributed by atoms with van der Waals surface area (Å²) >= 11 is 0. The molecular weight excluding hydrogens is 150 g/mol. The van der Waals surface area contributed by atoms with Gasteiger partial charge in [-0.05, 0) is 22.9 Å². The van der Waals surface area contributed by atoms with E-state index in [9.17, 15) is 0 Å². The van der Waals surface area contributed by atoms with E-state index in [0.29, 0.717) is 0 Å². The van der Waals surface area contributed by atoms with E-state index in [2.05, 4.69) is 18.0 Å². The van der Waals surface area contributed by atoms with Crippen LogP contribution in [0.2, 0.25) is 0 Å². The molecule has 3 heteroatoms. The second kappa shape index (κ2) is 3.90. The fourth-order valence-electron chi connectivity index (χ4n) is 0.488. The Morgan fingerprint density at radius 1 is 1.67 bits per heavy atom. The Bertz CT molecular complexity index is 148. The molecule has 0 radical (unpaired) electrons. The summed E-state index contributed by atoms with van der Waals surface area (Å²) in [5, 5.41) is 1.24. The third-order valence-electron chi connectivity index (χ3n) is 0.836. The van der Waals surface area contributed by atoms with Gasteiger partial charge in [-0.3, -0.25) is 0 Å². The van der Waals surface area contributed by atoms with Gasteiger partial charge in [-0.2, -0.15) is 0 Å². The summed E-state index contributed by atoms with van der Waals surface area (Å²) in [5.41, 5.74) is 0. The molecule has 1 nitrogen and oxygen atoms in total. The number of hydrogen-bond donors (Lipinski definition) is 1. The topological polar surface area (TPSA) is 15.8 Å². The van der Waals surface area contributed by atoms with Crippen molar-refractivity contribution in [1.82, 2.24) is 4.98 Å². The number of rotatable bonds is 3. The highest BCUT2D eigenvalue weighted by atomic mass is 33.1. The van der Waals surface area contributed by atoms with Gasteiger partial charge in [0, 0.05) is 11.9 Å². The van der Waals surface area contributed by atoms with E-state index in [1.165, 1.54) is 5.03 Å². The van der Waals surface area contributed by atoms with Gasteiger partial charge in [0.2, 0.25) is 0 Å². The fraction of sp³-hybridized carbons (Fsp3) is 0.333. The van der Waals surface area contributed by atoms with Gasteiger partial charge >= 0.3 is 0 Å². The predicted octanol–water partition coefficient (Wildman–Crippen LogP) is 2.77. The summed E-state index contributed by atoms with van der Waals surface area (Å²) < 4.78 is 0. The zero-order valence-corrected chi connectivity index (χ0v) is 6.89. The van der Waals surface area contributed by atoms with Gasteiger partial charge in [0.25, 0.3) is 0 Å². The number of H-pyrrole nitrogens is 1. The summed E-state index contributed by atoms with van der Waals surface area (Å²) in [7, 11) is 3.64. The minimum absolute atomic E-state index is 1.16. The second-order valence-electron chi connectivity index (χ2n) is 1.52. The molecule has 1 heterocycles. The first-order valence-electron chi connectivity index (χ1n) is 2.86. The molecule has 1 aromatic heterocycles. The van der Waals surface area contributed by atoms with Gasteiger partial charge < -0.3 is 4.98 Å². The summed E-state index contributed by atoms with van der Waals surface area (Å²) in [4.78, 5) is 3.11. The van der Waals surface area contributed by atoms with Crippen molar-refractivity contribution in [3.63, 3.8) is 0 Å². The second-order valence-corrected chi connectivity index (χ2v) is 4.15. The highest BCUT2D eigenvalue weighted by Gasteiger charge is 1.89. The Labute approximate surface area is 63.0 Å². The van der Waals surface area contributed by atoms with E-state index in [4.69, 9.17) is 0 Å². The van der Waals surface area contributed by atoms with E-state index in [-0.39, 0.29) is 0 Å². The number of nitrogens with one attached hydrogen (secondary N) is 1. The van der Waals surface area contributed by atoms with Crippen LogP contribution in [0.25, 0.3) is 0 Å². The number of hydrogen-bond acceptors (Lipinski definition) is 2. The number of aromatic amines is 1. The molecule has 0 aliphatic carbocycles. The molecule has 0 fully saturated rings. The number of aromatic nitrogens is 1. The first-order chi connectivity index (χ1) is 4.43. The van der Waals surface area contributed by atoms with Crippen LogP contribution in [0.3, 0.4) is 0 Å². The molecule has 0 saturated carbocycles. The Kier molecular flexibility index (Phi) is 3.08. The van der Waals surface area contributed by atoms with E-state index < -0.39 is 0 Å². The summed E-state index contributed by atoms with van der Waals surface area (Å²) in [6.07, 6.45) is 1.94. The minimum Gasteiger partial charge on any atom is -0.356 e. The van der Waals surface area contributed by atoms with Crippen molar-refractivity contribution in [3.8, 4) is 0 Å². The predicted molar refractivity (Wildman–Crippen MR) is 44.8 cm³/mol. The van der Waals surface area contributed by atoms with Gasteiger partial charge in [0.1, 0.15) is 0 Å². The first kappa shape index (κ1) is 7.09. The Morgan fingerprint density at radius 3 is 3.11 bits per heavy atom. The molecule has 0 amide bonds. The molecule has 0 atom stereocenters. The van der Waals surface area contributed by atoms with Gasteiger partial charge in [-0.1, -0.05) is 17.7 Å². The SMILES string of the molecule is CCSSc1ccc[nH]1. The summed E-state index contributed by atoms with van der Waals surface area (Å²) in [5.74, 6) is 1.16. The lowest BCUT2D eigenvalue weighted by atomic mass is 10.7. The van der Waals surface area contributed by atoms with Crippen LogP contribution in [0.5, 0.6) is 0 Å². The van der Waals surface area contributed by atoms with Crippen LogP contribution in [-0.4, -0.2) is 10.7 Å². The molecule has 50 valence electrons. The van der Waals surface area contributed by atoms with Gasteiger partial charge in [-0.25, -0.2) is 0 Å². The quantitative estimate of drug-likeness (QED) is 0.682. The Morgan fingerprint density at radius 2 is 2.56 bits per heavy atom. The summed E-state index contributed by atoms with van der Waals surface area (Å²) in [6.45, 7) is 2.15. The molecule has 1 aromatic rings. The van der Waals surface area contributed by atoms with Crippen molar-refractivity contribution in [3.05, 3.63) is 18.3 Å². The van der Waals surface area contributed by atoms with Crippen molar-refractivity contribution < 1.29 is 0 Å². The van der Waals surface area contributed by atoms with Crippen LogP contribution in [0.4, 0.5) is 0 Å². The van der Waals surface area contributed by atoms with Crippen molar-refractivity contribution in [2.75, 3.05) is 5.75 Å². The van der Waals surface area contributed by atoms with E-state index >= 15 is 0 Å². The molecule has 1 rings (SSSR count). The largest absolute Gasteiger partial charge is 0.356 e. The molecule has 0 unspecified atom stereocenters. The molecule has 0 spiro atoms. The van der Waals surface area contributed by atoms with Gasteiger partial charge in [0.15, 0.2) is 0 Å². The molecular formula is C6H9NS2. The molecule has 0 aromatic carbocycles. The van der Waals surface area contributed by atoms with Gasteiger partial charge in [0.05, 0.1) is 5.03 Å². The van der Waals surface area contributed by atoms with Crippen LogP contribution in [-0.2, 0) is 0 Å². The zero-order chi connectivity index (χ0) is 6.53. The van der Waals surface area contributed by atoms with Gasteiger partial charge in [-0.15, -0.1) is 0 Å². The monoisotopic (exact) mass is 159 g/mol. The van der Waals surface area contributed by atoms with Crippen LogP contribution < -0.4 is 0 Å². The lowest BCUT2D eigenvalue weighted by Gasteiger charge is -1.90. The Balaban J connectivity index is 2.30. The third-order valence-corrected chi connectivity index (χ3v) is 3.22. The maximum Gasteiger partial charge on any atom is 0.0829 e. The zero-order valence-electron chi connectivity index (χ0n) is 5.26. The van der Waals surface area contributed by atoms with Crippen molar-refractivity contribution in [2.24, 2.45) is 0 Å². The highest BCUT2D eigenvalue weighted by molar-refractivity contribution is 8.76. The van der Waals surface area contributed by atoms with Crippen LogP contribution >= 0.6 is 21.6 Å². The van der Waals surface area contributed by atoms with E-state index in [1.807, 2.05) is 23.1 Å². The Hall–Kier alpha value is -0.0200. The van der Waals surface area contributed by atoms with E-state index in [0.717, 1.165) is 5.75 Å². The lowest BCUT2D eigenvalue weighted by molar-refractivity contribution is 1.21. The van der Waals surface area contributed by atoms with Crippen molar-refractivity contribution >= 4 is 21.6 Å². The third kappa shape index (κ3) is 2.37. The standard InChI is InChI=1S/C6H9NS2/c1-2-8-9-6-4-3-5-7-6/h3-5,7H,2H2,1H3. The van der Waals surface area contributed by atoms with Crippen LogP contribution in [0.15, 0.2) is 23.4 Å². The molecule has 0 saturated heterocycles. The maximum absolute atomic E-state index is 3.11. The van der Waals surface area contributed by atoms with Crippen LogP contribution in [0, 0.1) is 0 Å². The average molecular weight is 159 g/mol. The van der Waals surface area contributed by atoms with Crippen molar-refractivity contribution in [2.45, 2.75) is 11.9 Å². The molecule has 0 aliphatic rings. The van der Waals surface area contributed by atoms with E-state index in [1.54, 1.807) is 10.8 Å². The van der Waals surface area contributed by atoms with Crippen molar-refractivity contribution in [1.29, 1.82) is 0 Å². The maximum atomic E-state index is 3.11. The average Bonchev–Trinajstić information content (AvgIpc) is 2.34. The van der Waals surface area contributed by atoms with Crippen LogP contribution in [0.1, 0.15) is 6.92 Å². The fourth-order valence-corrected chi connectivity index (χ4v) is 2.03. The highest BCUT2D eigenvalue weighted by Crippen LogP contribution is 2.28. The molecule has 9 heavy (non-hydrogen) atoms.